The predicted octanol–water partition coefficient (Wildman–Crippen LogP) is 1.56. The third kappa shape index (κ3) is 1.73. The number of hydrogen-bond donors (Lipinski definition) is 1. The van der Waals surface area contributed by atoms with E-state index in [1.54, 1.807) is 0 Å². The van der Waals surface area contributed by atoms with Gasteiger partial charge in [-0.15, -0.1) is 0 Å². The SMILES string of the molecule is N[C@@H]1C[C@H]2CC[C@@H]1N2c1cnc(C(F)(F)F)cn1. The molecule has 0 aliphatic carbocycles. The van der Waals surface area contributed by atoms with E-state index >= 15 is 0 Å². The number of aromatic nitrogens is 2. The third-order valence-electron chi connectivity index (χ3n) is 3.78. The molecule has 2 N–H and O–H groups in total. The highest BCUT2D eigenvalue weighted by atomic mass is 19.4. The average Bonchev–Trinajstić information content (AvgIpc) is 2.84. The Morgan fingerprint density at radius 1 is 1.22 bits per heavy atom. The summed E-state index contributed by atoms with van der Waals surface area (Å²) >= 11 is 0. The number of rotatable bonds is 1. The van der Waals surface area contributed by atoms with Gasteiger partial charge in [-0.25, -0.2) is 9.97 Å². The molecule has 2 saturated heterocycles. The molecule has 2 aliphatic heterocycles. The monoisotopic (exact) mass is 258 g/mol. The van der Waals surface area contributed by atoms with Crippen molar-refractivity contribution >= 4 is 5.82 Å². The molecule has 7 heteroatoms. The van der Waals surface area contributed by atoms with Crippen LogP contribution in [0.2, 0.25) is 0 Å². The Morgan fingerprint density at radius 2 is 2.00 bits per heavy atom. The molecule has 1 aromatic heterocycles. The second-order valence-electron chi connectivity index (χ2n) is 4.86. The first-order valence-corrected chi connectivity index (χ1v) is 5.90. The summed E-state index contributed by atoms with van der Waals surface area (Å²) in [5.74, 6) is 0.503. The predicted molar refractivity (Wildman–Crippen MR) is 58.9 cm³/mol. The van der Waals surface area contributed by atoms with E-state index in [2.05, 4.69) is 9.97 Å². The molecular formula is C11H13F3N4. The van der Waals surface area contributed by atoms with Crippen molar-refractivity contribution in [2.24, 2.45) is 5.73 Å². The van der Waals surface area contributed by atoms with Gasteiger partial charge in [0.15, 0.2) is 5.69 Å². The molecule has 3 heterocycles. The Balaban J connectivity index is 1.86. The lowest BCUT2D eigenvalue weighted by Crippen LogP contribution is -2.37. The summed E-state index contributed by atoms with van der Waals surface area (Å²) < 4.78 is 37.2. The summed E-state index contributed by atoms with van der Waals surface area (Å²) in [5.41, 5.74) is 5.02. The molecule has 3 atom stereocenters. The standard InChI is InChI=1S/C11H13F3N4/c12-11(13,14)9-4-17-10(5-16-9)18-6-1-2-8(18)7(15)3-6/h4-8H,1-3,15H2/t6-,7-,8+/m1/s1. The summed E-state index contributed by atoms with van der Waals surface area (Å²) in [6.45, 7) is 0. The van der Waals surface area contributed by atoms with Crippen LogP contribution in [0.1, 0.15) is 25.0 Å². The number of hydrogen-bond acceptors (Lipinski definition) is 4. The van der Waals surface area contributed by atoms with Crippen LogP contribution in [0.4, 0.5) is 19.0 Å². The van der Waals surface area contributed by atoms with Crippen molar-refractivity contribution < 1.29 is 13.2 Å². The lowest BCUT2D eigenvalue weighted by molar-refractivity contribution is -0.141. The molecule has 2 aliphatic rings. The van der Waals surface area contributed by atoms with E-state index in [0.29, 0.717) is 11.9 Å². The molecule has 0 radical (unpaired) electrons. The lowest BCUT2D eigenvalue weighted by atomic mass is 9.97. The molecule has 0 aromatic carbocycles. The number of halogens is 3. The van der Waals surface area contributed by atoms with Gasteiger partial charge in [0.2, 0.25) is 0 Å². The Morgan fingerprint density at radius 3 is 2.44 bits per heavy atom. The van der Waals surface area contributed by atoms with Crippen LogP contribution in [0.3, 0.4) is 0 Å². The third-order valence-corrected chi connectivity index (χ3v) is 3.78. The van der Waals surface area contributed by atoms with Crippen molar-refractivity contribution in [1.29, 1.82) is 0 Å². The van der Waals surface area contributed by atoms with Crippen LogP contribution in [0.15, 0.2) is 12.4 Å². The van der Waals surface area contributed by atoms with Gasteiger partial charge < -0.3 is 10.6 Å². The Labute approximate surface area is 102 Å². The van der Waals surface area contributed by atoms with Crippen molar-refractivity contribution in [1.82, 2.24) is 9.97 Å². The first-order valence-electron chi connectivity index (χ1n) is 5.90. The van der Waals surface area contributed by atoms with Crippen molar-refractivity contribution in [3.63, 3.8) is 0 Å². The zero-order valence-corrected chi connectivity index (χ0v) is 9.56. The van der Waals surface area contributed by atoms with Gasteiger partial charge in [-0.3, -0.25) is 0 Å². The van der Waals surface area contributed by atoms with Crippen molar-refractivity contribution in [3.05, 3.63) is 18.1 Å². The normalized spacial score (nSPS) is 31.1. The van der Waals surface area contributed by atoms with Crippen LogP contribution in [-0.2, 0) is 6.18 Å². The second kappa shape index (κ2) is 3.81. The zero-order valence-electron chi connectivity index (χ0n) is 9.56. The van der Waals surface area contributed by atoms with Crippen LogP contribution in [-0.4, -0.2) is 28.1 Å². The molecule has 0 spiro atoms. The largest absolute Gasteiger partial charge is 0.434 e. The average molecular weight is 258 g/mol. The maximum Gasteiger partial charge on any atom is 0.434 e. The van der Waals surface area contributed by atoms with Gasteiger partial charge in [-0.05, 0) is 19.3 Å². The number of fused-ring (bicyclic) bond motifs is 2. The fourth-order valence-electron chi connectivity index (χ4n) is 2.99. The first-order chi connectivity index (χ1) is 8.47. The molecule has 4 nitrogen and oxygen atoms in total. The smallest absolute Gasteiger partial charge is 0.348 e. The molecule has 0 amide bonds. The summed E-state index contributed by atoms with van der Waals surface area (Å²) in [6, 6.07) is 0.588. The molecule has 0 saturated carbocycles. The maximum absolute atomic E-state index is 12.4. The second-order valence-corrected chi connectivity index (χ2v) is 4.86. The van der Waals surface area contributed by atoms with Crippen LogP contribution in [0, 0.1) is 0 Å². The van der Waals surface area contributed by atoms with Crippen LogP contribution >= 0.6 is 0 Å². The molecule has 0 unspecified atom stereocenters. The van der Waals surface area contributed by atoms with Gasteiger partial charge in [-0.2, -0.15) is 13.2 Å². The first kappa shape index (κ1) is 11.7. The number of alkyl halides is 3. The minimum Gasteiger partial charge on any atom is -0.348 e. The highest BCUT2D eigenvalue weighted by Crippen LogP contribution is 2.39. The fourth-order valence-corrected chi connectivity index (χ4v) is 2.99. The van der Waals surface area contributed by atoms with E-state index < -0.39 is 11.9 Å². The number of nitrogens with zero attached hydrogens (tertiary/aromatic N) is 3. The minimum absolute atomic E-state index is 0.0906. The Kier molecular flexibility index (Phi) is 2.48. The quantitative estimate of drug-likeness (QED) is 0.830. The van der Waals surface area contributed by atoms with Crippen molar-refractivity contribution in [3.8, 4) is 0 Å². The summed E-state index contributed by atoms with van der Waals surface area (Å²) in [6.07, 6.45) is 0.444. The van der Waals surface area contributed by atoms with E-state index in [9.17, 15) is 13.2 Å². The van der Waals surface area contributed by atoms with Gasteiger partial charge in [0.05, 0.1) is 12.4 Å². The molecule has 1 aromatic rings. The minimum atomic E-state index is -4.44. The Hall–Kier alpha value is -1.37. The van der Waals surface area contributed by atoms with E-state index in [0.717, 1.165) is 25.5 Å². The summed E-state index contributed by atoms with van der Waals surface area (Å²) in [4.78, 5) is 9.36. The van der Waals surface area contributed by atoms with E-state index in [1.165, 1.54) is 6.20 Å². The molecular weight excluding hydrogens is 245 g/mol. The summed E-state index contributed by atoms with van der Waals surface area (Å²) in [7, 11) is 0. The van der Waals surface area contributed by atoms with E-state index in [-0.39, 0.29) is 12.1 Å². The lowest BCUT2D eigenvalue weighted by Gasteiger charge is -2.23. The molecule has 2 fully saturated rings. The number of anilines is 1. The molecule has 3 rings (SSSR count). The zero-order chi connectivity index (χ0) is 12.9. The van der Waals surface area contributed by atoms with E-state index in [1.807, 2.05) is 4.90 Å². The maximum atomic E-state index is 12.4. The van der Waals surface area contributed by atoms with Gasteiger partial charge in [0, 0.05) is 18.1 Å². The van der Waals surface area contributed by atoms with Crippen LogP contribution < -0.4 is 10.6 Å². The summed E-state index contributed by atoms with van der Waals surface area (Å²) in [5, 5.41) is 0. The number of nitrogens with two attached hydrogens (primary N) is 1. The van der Waals surface area contributed by atoms with Gasteiger partial charge in [0.1, 0.15) is 5.82 Å². The van der Waals surface area contributed by atoms with E-state index in [4.69, 9.17) is 5.73 Å². The van der Waals surface area contributed by atoms with Crippen molar-refractivity contribution in [2.45, 2.75) is 43.6 Å². The van der Waals surface area contributed by atoms with Crippen LogP contribution in [0.25, 0.3) is 0 Å². The van der Waals surface area contributed by atoms with Gasteiger partial charge in [-0.1, -0.05) is 0 Å². The Bertz CT molecular complexity index is 445. The molecule has 18 heavy (non-hydrogen) atoms. The highest BCUT2D eigenvalue weighted by molar-refractivity contribution is 5.44. The van der Waals surface area contributed by atoms with Gasteiger partial charge in [0.25, 0.3) is 0 Å². The van der Waals surface area contributed by atoms with Crippen LogP contribution in [0.5, 0.6) is 0 Å². The highest BCUT2D eigenvalue weighted by Gasteiger charge is 2.45. The van der Waals surface area contributed by atoms with Crippen molar-refractivity contribution in [2.75, 3.05) is 4.90 Å². The fraction of sp³-hybridized carbons (Fsp3) is 0.636. The van der Waals surface area contributed by atoms with Gasteiger partial charge >= 0.3 is 6.18 Å². The molecule has 98 valence electrons. The molecule has 2 bridgehead atoms. The topological polar surface area (TPSA) is 55.0 Å².